The van der Waals surface area contributed by atoms with Gasteiger partial charge in [0.25, 0.3) is 0 Å². The second-order valence-corrected chi connectivity index (χ2v) is 6.67. The van der Waals surface area contributed by atoms with Crippen LogP contribution < -0.4 is 21.9 Å². The van der Waals surface area contributed by atoms with Gasteiger partial charge in [-0.2, -0.15) is 0 Å². The summed E-state index contributed by atoms with van der Waals surface area (Å²) in [5, 5.41) is 0. The summed E-state index contributed by atoms with van der Waals surface area (Å²) in [5.74, 6) is 0. The van der Waals surface area contributed by atoms with Crippen LogP contribution in [0.1, 0.15) is 5.56 Å². The maximum absolute atomic E-state index is 11.2. The Bertz CT molecular complexity index is 789. The first-order valence-electron chi connectivity index (χ1n) is 6.21. The highest BCUT2D eigenvalue weighted by Crippen LogP contribution is 2.36. The van der Waals surface area contributed by atoms with E-state index < -0.39 is 10.0 Å². The first kappa shape index (κ1) is 17.9. The molecule has 0 bridgehead atoms. The maximum Gasteiger partial charge on any atom is 0.229 e. The van der Waals surface area contributed by atoms with Gasteiger partial charge in [-0.3, -0.25) is 4.72 Å². The normalized spacial score (nSPS) is 10.8. The number of anilines is 4. The molecule has 0 aliphatic heterocycles. The summed E-state index contributed by atoms with van der Waals surface area (Å²) in [6.07, 6.45) is 1.10. The molecule has 120 valence electrons. The molecule has 0 saturated heterocycles. The van der Waals surface area contributed by atoms with Gasteiger partial charge in [0.1, 0.15) is 0 Å². The Morgan fingerprint density at radius 1 is 1.00 bits per heavy atom. The van der Waals surface area contributed by atoms with Crippen molar-refractivity contribution in [2.45, 2.75) is 6.92 Å². The van der Waals surface area contributed by atoms with E-state index in [1.165, 1.54) is 0 Å². The van der Waals surface area contributed by atoms with E-state index in [4.69, 9.17) is 17.2 Å². The average Bonchev–Trinajstić information content (AvgIpc) is 2.40. The number of benzene rings is 2. The van der Waals surface area contributed by atoms with Crippen molar-refractivity contribution in [3.63, 3.8) is 0 Å². The van der Waals surface area contributed by atoms with E-state index in [0.29, 0.717) is 22.7 Å². The van der Waals surface area contributed by atoms with E-state index in [-0.39, 0.29) is 12.4 Å². The Morgan fingerprint density at radius 3 is 2.05 bits per heavy atom. The van der Waals surface area contributed by atoms with Gasteiger partial charge in [0.2, 0.25) is 10.0 Å². The monoisotopic (exact) mass is 342 g/mol. The lowest BCUT2D eigenvalue weighted by Gasteiger charge is -2.14. The quantitative estimate of drug-likeness (QED) is 0.636. The predicted molar refractivity (Wildman–Crippen MR) is 95.6 cm³/mol. The van der Waals surface area contributed by atoms with E-state index in [9.17, 15) is 8.42 Å². The van der Waals surface area contributed by atoms with Gasteiger partial charge in [-0.15, -0.1) is 12.4 Å². The molecule has 0 atom stereocenters. The van der Waals surface area contributed by atoms with Crippen LogP contribution in [0, 0.1) is 6.92 Å². The Balaban J connectivity index is 0.00000242. The van der Waals surface area contributed by atoms with Crippen LogP contribution >= 0.6 is 12.4 Å². The Kier molecular flexibility index (Phi) is 5.16. The van der Waals surface area contributed by atoms with Crippen LogP contribution in [-0.2, 0) is 10.0 Å². The molecular formula is C14H19ClN4O2S. The zero-order chi connectivity index (χ0) is 15.8. The van der Waals surface area contributed by atoms with Crippen LogP contribution in [0.2, 0.25) is 0 Å². The summed E-state index contributed by atoms with van der Waals surface area (Å²) < 4.78 is 24.7. The fourth-order valence-corrected chi connectivity index (χ4v) is 2.58. The fourth-order valence-electron chi connectivity index (χ4n) is 2.01. The second kappa shape index (κ2) is 6.33. The van der Waals surface area contributed by atoms with Crippen molar-refractivity contribution in [3.05, 3.63) is 35.9 Å². The molecule has 0 aliphatic carbocycles. The number of nitrogens with one attached hydrogen (secondary N) is 1. The van der Waals surface area contributed by atoms with Crippen LogP contribution in [0.3, 0.4) is 0 Å². The van der Waals surface area contributed by atoms with Crippen LogP contribution in [0.25, 0.3) is 11.1 Å². The van der Waals surface area contributed by atoms with Gasteiger partial charge >= 0.3 is 0 Å². The maximum atomic E-state index is 11.2. The van der Waals surface area contributed by atoms with Gasteiger partial charge < -0.3 is 17.2 Å². The van der Waals surface area contributed by atoms with Gasteiger partial charge in [0.05, 0.1) is 17.6 Å². The second-order valence-electron chi connectivity index (χ2n) is 4.92. The molecule has 0 radical (unpaired) electrons. The fraction of sp³-hybridized carbons (Fsp3) is 0.143. The summed E-state index contributed by atoms with van der Waals surface area (Å²) in [6.45, 7) is 1.81. The summed E-state index contributed by atoms with van der Waals surface area (Å²) in [7, 11) is -3.30. The van der Waals surface area contributed by atoms with E-state index in [2.05, 4.69) is 4.72 Å². The van der Waals surface area contributed by atoms with E-state index in [1.54, 1.807) is 30.3 Å². The molecule has 8 heteroatoms. The molecule has 2 rings (SSSR count). The van der Waals surface area contributed by atoms with Crippen LogP contribution in [0.5, 0.6) is 0 Å². The number of nitrogen functional groups attached to an aromatic ring is 3. The minimum atomic E-state index is -3.30. The van der Waals surface area contributed by atoms with Crippen molar-refractivity contribution in [2.75, 3.05) is 28.2 Å². The number of hydrogen-bond acceptors (Lipinski definition) is 5. The summed E-state index contributed by atoms with van der Waals surface area (Å²) in [4.78, 5) is 0. The van der Waals surface area contributed by atoms with E-state index >= 15 is 0 Å². The minimum Gasteiger partial charge on any atom is -0.398 e. The first-order valence-corrected chi connectivity index (χ1v) is 8.10. The van der Waals surface area contributed by atoms with Crippen LogP contribution in [0.15, 0.2) is 30.3 Å². The first-order chi connectivity index (χ1) is 9.69. The van der Waals surface area contributed by atoms with Gasteiger partial charge in [-0.25, -0.2) is 8.42 Å². The van der Waals surface area contributed by atoms with Crippen molar-refractivity contribution < 1.29 is 8.42 Å². The molecule has 0 spiro atoms. The van der Waals surface area contributed by atoms with Crippen molar-refractivity contribution in [2.24, 2.45) is 0 Å². The molecule has 0 unspecified atom stereocenters. The molecule has 0 aliphatic rings. The largest absolute Gasteiger partial charge is 0.398 e. The van der Waals surface area contributed by atoms with Crippen molar-refractivity contribution in [3.8, 4) is 11.1 Å². The predicted octanol–water partition coefficient (Wildman–Crippen LogP) is 2.20. The third kappa shape index (κ3) is 3.75. The lowest BCUT2D eigenvalue weighted by atomic mass is 9.99. The lowest BCUT2D eigenvalue weighted by Crippen LogP contribution is -2.09. The SMILES string of the molecule is Cc1c(N)cc(-c2ccc(NS(C)(=O)=O)cc2)c(N)c1N.Cl. The number of sulfonamides is 1. The van der Waals surface area contributed by atoms with Gasteiger partial charge in [0, 0.05) is 16.9 Å². The Morgan fingerprint density at radius 2 is 1.55 bits per heavy atom. The van der Waals surface area contributed by atoms with Crippen molar-refractivity contribution in [1.82, 2.24) is 0 Å². The molecule has 2 aromatic carbocycles. The number of nitrogens with two attached hydrogens (primary N) is 3. The topological polar surface area (TPSA) is 124 Å². The number of hydrogen-bond donors (Lipinski definition) is 4. The van der Waals surface area contributed by atoms with Gasteiger partial charge in [-0.05, 0) is 36.2 Å². The molecule has 2 aromatic rings. The zero-order valence-corrected chi connectivity index (χ0v) is 13.9. The Labute approximate surface area is 136 Å². The molecule has 22 heavy (non-hydrogen) atoms. The minimum absolute atomic E-state index is 0. The van der Waals surface area contributed by atoms with Gasteiger partial charge in [-0.1, -0.05) is 12.1 Å². The highest BCUT2D eigenvalue weighted by atomic mass is 35.5. The molecule has 0 heterocycles. The van der Waals surface area contributed by atoms with Crippen LogP contribution in [0.4, 0.5) is 22.7 Å². The third-order valence-electron chi connectivity index (χ3n) is 3.22. The molecule has 6 nitrogen and oxygen atoms in total. The third-order valence-corrected chi connectivity index (χ3v) is 3.82. The smallest absolute Gasteiger partial charge is 0.229 e. The molecular weight excluding hydrogens is 324 g/mol. The van der Waals surface area contributed by atoms with Crippen molar-refractivity contribution >= 4 is 45.2 Å². The summed E-state index contributed by atoms with van der Waals surface area (Å²) in [6, 6.07) is 8.59. The Hall–Kier alpha value is -2.12. The lowest BCUT2D eigenvalue weighted by molar-refractivity contribution is 0.607. The van der Waals surface area contributed by atoms with Gasteiger partial charge in [0.15, 0.2) is 0 Å². The molecule has 0 saturated carbocycles. The number of halogens is 1. The standard InChI is InChI=1S/C14H18N4O2S.ClH/c1-8-12(15)7-11(14(17)13(8)16)9-3-5-10(6-4-9)18-21(2,19)20;/h3-7,18H,15-17H2,1-2H3;1H. The molecule has 0 fully saturated rings. The highest BCUT2D eigenvalue weighted by molar-refractivity contribution is 7.92. The summed E-state index contributed by atoms with van der Waals surface area (Å²) in [5.41, 5.74) is 22.1. The van der Waals surface area contributed by atoms with Crippen molar-refractivity contribution in [1.29, 1.82) is 0 Å². The van der Waals surface area contributed by atoms with E-state index in [0.717, 1.165) is 22.9 Å². The molecule has 7 N–H and O–H groups in total. The zero-order valence-electron chi connectivity index (χ0n) is 12.3. The number of rotatable bonds is 3. The van der Waals surface area contributed by atoms with Crippen LogP contribution in [-0.4, -0.2) is 14.7 Å². The average molecular weight is 343 g/mol. The molecule has 0 amide bonds. The highest BCUT2D eigenvalue weighted by Gasteiger charge is 2.11. The summed E-state index contributed by atoms with van der Waals surface area (Å²) >= 11 is 0. The van der Waals surface area contributed by atoms with E-state index in [1.807, 2.05) is 6.92 Å². The molecule has 0 aromatic heterocycles.